The Morgan fingerprint density at radius 2 is 2.24 bits per heavy atom. The van der Waals surface area contributed by atoms with Gasteiger partial charge in [0.1, 0.15) is 0 Å². The van der Waals surface area contributed by atoms with Gasteiger partial charge in [-0.05, 0) is 25.7 Å². The summed E-state index contributed by atoms with van der Waals surface area (Å²) in [5.41, 5.74) is 0.816. The fourth-order valence-electron chi connectivity index (χ4n) is 3.00. The quantitative estimate of drug-likeness (QED) is 0.881. The summed E-state index contributed by atoms with van der Waals surface area (Å²) in [6.07, 6.45) is 6.28. The first kappa shape index (κ1) is 13.3. The van der Waals surface area contributed by atoms with Crippen LogP contribution in [0.15, 0.2) is 10.8 Å². The molecule has 21 heavy (non-hydrogen) atoms. The lowest BCUT2D eigenvalue weighted by Crippen LogP contribution is -2.48. The van der Waals surface area contributed by atoms with Crippen LogP contribution in [0.25, 0.3) is 0 Å². The van der Waals surface area contributed by atoms with Crippen molar-refractivity contribution in [1.29, 1.82) is 0 Å². The highest BCUT2D eigenvalue weighted by atomic mass is 16.5. The second kappa shape index (κ2) is 5.42. The van der Waals surface area contributed by atoms with Gasteiger partial charge in [0, 0.05) is 31.6 Å². The van der Waals surface area contributed by atoms with Crippen LogP contribution < -0.4 is 5.32 Å². The van der Waals surface area contributed by atoms with Crippen LogP contribution in [0.1, 0.15) is 47.8 Å². The molecule has 2 aliphatic carbocycles. The van der Waals surface area contributed by atoms with E-state index < -0.39 is 0 Å². The summed E-state index contributed by atoms with van der Waals surface area (Å²) in [5.74, 6) is 0.634. The molecule has 0 aromatic carbocycles. The lowest BCUT2D eigenvalue weighted by molar-refractivity contribution is -0.0294. The smallest absolute Gasteiger partial charge is 0.289 e. The van der Waals surface area contributed by atoms with E-state index in [1.165, 1.54) is 19.2 Å². The van der Waals surface area contributed by atoms with Crippen molar-refractivity contribution in [2.45, 2.75) is 43.7 Å². The Morgan fingerprint density at radius 3 is 3.00 bits per heavy atom. The van der Waals surface area contributed by atoms with Crippen molar-refractivity contribution in [3.05, 3.63) is 17.8 Å². The van der Waals surface area contributed by atoms with Crippen molar-refractivity contribution in [2.24, 2.45) is 0 Å². The zero-order valence-electron chi connectivity index (χ0n) is 12.1. The molecule has 1 atom stereocenters. The molecular weight excluding hydrogens is 270 g/mol. The molecule has 114 valence electrons. The van der Waals surface area contributed by atoms with Crippen molar-refractivity contribution in [3.63, 3.8) is 0 Å². The Labute approximate surface area is 123 Å². The number of rotatable bonds is 5. The minimum absolute atomic E-state index is 0.0793. The van der Waals surface area contributed by atoms with Gasteiger partial charge in [0.2, 0.25) is 5.76 Å². The molecule has 1 saturated heterocycles. The number of nitrogens with one attached hydrogen (secondary N) is 1. The lowest BCUT2D eigenvalue weighted by atomic mass is 10.2. The number of carbonyl (C=O) groups excluding carboxylic acids is 1. The van der Waals surface area contributed by atoms with Gasteiger partial charge in [-0.3, -0.25) is 9.69 Å². The van der Waals surface area contributed by atoms with Gasteiger partial charge in [0.05, 0.1) is 18.4 Å². The van der Waals surface area contributed by atoms with Gasteiger partial charge in [0.25, 0.3) is 5.91 Å². The third kappa shape index (κ3) is 2.96. The largest absolute Gasteiger partial charge is 0.438 e. The molecule has 1 aromatic heterocycles. The van der Waals surface area contributed by atoms with Gasteiger partial charge < -0.3 is 14.5 Å². The van der Waals surface area contributed by atoms with E-state index in [-0.39, 0.29) is 12.0 Å². The van der Waals surface area contributed by atoms with Gasteiger partial charge in [-0.25, -0.2) is 4.98 Å². The third-order valence-electron chi connectivity index (χ3n) is 4.49. The number of nitrogens with zero attached hydrogens (tertiary/aromatic N) is 2. The number of hydrogen-bond donors (Lipinski definition) is 1. The monoisotopic (exact) mass is 291 g/mol. The van der Waals surface area contributed by atoms with Gasteiger partial charge >= 0.3 is 0 Å². The standard InChI is InChI=1S/C15H21N3O3/c19-15(14-13(10-1-2-10)17-9-21-14)16-7-12-8-18(5-6-20-12)11-3-4-11/h9-12H,1-8H2,(H,16,19). The van der Waals surface area contributed by atoms with Crippen molar-refractivity contribution >= 4 is 5.91 Å². The molecule has 1 unspecified atom stereocenters. The van der Waals surface area contributed by atoms with E-state index in [4.69, 9.17) is 9.15 Å². The van der Waals surface area contributed by atoms with Crippen LogP contribution >= 0.6 is 0 Å². The Kier molecular flexibility index (Phi) is 3.43. The van der Waals surface area contributed by atoms with E-state index >= 15 is 0 Å². The number of hydrogen-bond acceptors (Lipinski definition) is 5. The van der Waals surface area contributed by atoms with E-state index in [0.717, 1.165) is 44.3 Å². The lowest BCUT2D eigenvalue weighted by Gasteiger charge is -2.32. The second-order valence-corrected chi connectivity index (χ2v) is 6.27. The summed E-state index contributed by atoms with van der Waals surface area (Å²) < 4.78 is 11.0. The summed E-state index contributed by atoms with van der Waals surface area (Å²) in [4.78, 5) is 18.9. The average molecular weight is 291 g/mol. The highest BCUT2D eigenvalue weighted by molar-refractivity contribution is 5.92. The minimum atomic E-state index is -0.165. The van der Waals surface area contributed by atoms with Crippen LogP contribution in [0, 0.1) is 0 Å². The normalized spacial score (nSPS) is 26.8. The van der Waals surface area contributed by atoms with Crippen LogP contribution in [0.5, 0.6) is 0 Å². The molecule has 3 aliphatic rings. The molecule has 4 rings (SSSR count). The number of aromatic nitrogens is 1. The molecule has 1 N–H and O–H groups in total. The molecule has 1 aromatic rings. The summed E-state index contributed by atoms with van der Waals surface area (Å²) in [7, 11) is 0. The topological polar surface area (TPSA) is 67.6 Å². The maximum Gasteiger partial charge on any atom is 0.289 e. The molecule has 2 saturated carbocycles. The number of amides is 1. The zero-order chi connectivity index (χ0) is 14.2. The molecule has 0 spiro atoms. The Hall–Kier alpha value is -1.40. The first-order chi connectivity index (χ1) is 10.3. The summed E-state index contributed by atoms with van der Waals surface area (Å²) in [5, 5.41) is 2.93. The molecule has 1 aliphatic heterocycles. The number of oxazole rings is 1. The SMILES string of the molecule is O=C(NCC1CN(C2CC2)CCO1)c1ocnc1C1CC1. The molecule has 0 bridgehead atoms. The van der Waals surface area contributed by atoms with Crippen LogP contribution in [-0.4, -0.2) is 54.2 Å². The first-order valence-electron chi connectivity index (χ1n) is 7.88. The maximum atomic E-state index is 12.2. The molecule has 3 fully saturated rings. The maximum absolute atomic E-state index is 12.2. The van der Waals surface area contributed by atoms with Crippen LogP contribution in [0.3, 0.4) is 0 Å². The van der Waals surface area contributed by atoms with Crippen molar-refractivity contribution in [1.82, 2.24) is 15.2 Å². The number of ether oxygens (including phenoxy) is 1. The fraction of sp³-hybridized carbons (Fsp3) is 0.733. The van der Waals surface area contributed by atoms with Crippen molar-refractivity contribution < 1.29 is 13.9 Å². The molecule has 0 radical (unpaired) electrons. The van der Waals surface area contributed by atoms with Crippen LogP contribution in [0.2, 0.25) is 0 Å². The van der Waals surface area contributed by atoms with Crippen molar-refractivity contribution in [2.75, 3.05) is 26.2 Å². The Morgan fingerprint density at radius 1 is 1.38 bits per heavy atom. The highest BCUT2D eigenvalue weighted by Gasteiger charge is 2.34. The van der Waals surface area contributed by atoms with E-state index in [2.05, 4.69) is 15.2 Å². The summed E-state index contributed by atoms with van der Waals surface area (Å²) >= 11 is 0. The van der Waals surface area contributed by atoms with Crippen LogP contribution in [-0.2, 0) is 4.74 Å². The van der Waals surface area contributed by atoms with E-state index in [9.17, 15) is 4.79 Å². The summed E-state index contributed by atoms with van der Waals surface area (Å²) in [6.45, 7) is 3.22. The van der Waals surface area contributed by atoms with E-state index in [1.54, 1.807) is 0 Å². The molecule has 2 heterocycles. The number of morpholine rings is 1. The molecule has 1 amide bonds. The van der Waals surface area contributed by atoms with Crippen molar-refractivity contribution in [3.8, 4) is 0 Å². The molecular formula is C15H21N3O3. The molecule has 6 nitrogen and oxygen atoms in total. The van der Waals surface area contributed by atoms with Gasteiger partial charge in [-0.1, -0.05) is 0 Å². The first-order valence-corrected chi connectivity index (χ1v) is 7.88. The second-order valence-electron chi connectivity index (χ2n) is 6.27. The summed E-state index contributed by atoms with van der Waals surface area (Å²) in [6, 6.07) is 0.753. The predicted octanol–water partition coefficient (Wildman–Crippen LogP) is 1.14. The van der Waals surface area contributed by atoms with E-state index in [1.807, 2.05) is 0 Å². The minimum Gasteiger partial charge on any atom is -0.438 e. The van der Waals surface area contributed by atoms with Crippen LogP contribution in [0.4, 0.5) is 0 Å². The third-order valence-corrected chi connectivity index (χ3v) is 4.49. The Balaban J connectivity index is 1.31. The highest BCUT2D eigenvalue weighted by Crippen LogP contribution is 2.40. The van der Waals surface area contributed by atoms with Gasteiger partial charge in [0.15, 0.2) is 6.39 Å². The van der Waals surface area contributed by atoms with Gasteiger partial charge in [-0.2, -0.15) is 0 Å². The zero-order valence-corrected chi connectivity index (χ0v) is 12.1. The predicted molar refractivity (Wildman–Crippen MR) is 75.1 cm³/mol. The van der Waals surface area contributed by atoms with E-state index in [0.29, 0.717) is 18.2 Å². The number of carbonyl (C=O) groups is 1. The average Bonchev–Trinajstić information content (AvgIpc) is 3.43. The Bertz CT molecular complexity index is 522. The fourth-order valence-corrected chi connectivity index (χ4v) is 3.00. The van der Waals surface area contributed by atoms with Gasteiger partial charge in [-0.15, -0.1) is 0 Å². The molecule has 6 heteroatoms.